The molecule has 0 radical (unpaired) electrons. The van der Waals surface area contributed by atoms with E-state index in [9.17, 15) is 10.2 Å². The first-order valence-electron chi connectivity index (χ1n) is 6.66. The number of aromatic hydroxyl groups is 2. The van der Waals surface area contributed by atoms with E-state index in [-0.39, 0.29) is 11.5 Å². The van der Waals surface area contributed by atoms with Gasteiger partial charge >= 0.3 is 0 Å². The van der Waals surface area contributed by atoms with Gasteiger partial charge < -0.3 is 25.0 Å². The number of nitrogens with one attached hydrogen (secondary N) is 1. The van der Waals surface area contributed by atoms with Crippen LogP contribution >= 0.6 is 0 Å². The molecular weight excluding hydrogens is 270 g/mol. The Bertz CT molecular complexity index is 569. The average Bonchev–Trinajstić information content (AvgIpc) is 2.50. The molecule has 0 aliphatic rings. The Labute approximate surface area is 123 Å². The molecule has 0 bridgehead atoms. The summed E-state index contributed by atoms with van der Waals surface area (Å²) >= 11 is 0. The van der Waals surface area contributed by atoms with Crippen molar-refractivity contribution in [2.45, 2.75) is 6.54 Å². The zero-order valence-electron chi connectivity index (χ0n) is 11.9. The van der Waals surface area contributed by atoms with Crippen LogP contribution in [0.15, 0.2) is 42.5 Å². The van der Waals surface area contributed by atoms with Crippen LogP contribution in [0.2, 0.25) is 0 Å². The average molecular weight is 289 g/mol. The minimum Gasteiger partial charge on any atom is -0.504 e. The van der Waals surface area contributed by atoms with Crippen LogP contribution in [0.3, 0.4) is 0 Å². The van der Waals surface area contributed by atoms with Gasteiger partial charge in [-0.3, -0.25) is 0 Å². The van der Waals surface area contributed by atoms with Crippen LogP contribution in [0.4, 0.5) is 5.69 Å². The van der Waals surface area contributed by atoms with Crippen LogP contribution in [0.1, 0.15) is 5.56 Å². The number of hydrogen-bond acceptors (Lipinski definition) is 5. The fourth-order valence-electron chi connectivity index (χ4n) is 1.83. The molecule has 0 aromatic heterocycles. The van der Waals surface area contributed by atoms with E-state index < -0.39 is 0 Å². The Morgan fingerprint density at radius 2 is 1.76 bits per heavy atom. The van der Waals surface area contributed by atoms with Gasteiger partial charge in [0.1, 0.15) is 12.4 Å². The van der Waals surface area contributed by atoms with E-state index in [0.29, 0.717) is 25.3 Å². The third-order valence-corrected chi connectivity index (χ3v) is 2.99. The molecule has 112 valence electrons. The van der Waals surface area contributed by atoms with Crippen LogP contribution in [0.5, 0.6) is 17.2 Å². The van der Waals surface area contributed by atoms with Gasteiger partial charge in [-0.15, -0.1) is 0 Å². The van der Waals surface area contributed by atoms with Crippen molar-refractivity contribution < 1.29 is 19.7 Å². The molecule has 0 unspecified atom stereocenters. The van der Waals surface area contributed by atoms with Crippen molar-refractivity contribution in [2.24, 2.45) is 0 Å². The molecule has 0 saturated carbocycles. The molecule has 0 saturated heterocycles. The minimum absolute atomic E-state index is 0.0930. The van der Waals surface area contributed by atoms with Gasteiger partial charge in [0, 0.05) is 24.9 Å². The van der Waals surface area contributed by atoms with Crippen LogP contribution in [0.25, 0.3) is 0 Å². The lowest BCUT2D eigenvalue weighted by Gasteiger charge is -2.10. The predicted molar refractivity (Wildman–Crippen MR) is 80.9 cm³/mol. The highest BCUT2D eigenvalue weighted by Gasteiger charge is 2.05. The molecule has 0 spiro atoms. The summed E-state index contributed by atoms with van der Waals surface area (Å²) in [6.45, 7) is 1.49. The zero-order valence-corrected chi connectivity index (χ0v) is 11.9. The molecule has 0 atom stereocenters. The molecule has 0 amide bonds. The molecule has 0 aliphatic carbocycles. The van der Waals surface area contributed by atoms with E-state index in [2.05, 4.69) is 5.32 Å². The molecule has 2 aromatic rings. The van der Waals surface area contributed by atoms with Crippen LogP contribution < -0.4 is 10.1 Å². The summed E-state index contributed by atoms with van der Waals surface area (Å²) in [7, 11) is 1.63. The summed E-state index contributed by atoms with van der Waals surface area (Å²) in [5.74, 6) is 0.568. The summed E-state index contributed by atoms with van der Waals surface area (Å²) in [5, 5.41) is 22.3. The third-order valence-electron chi connectivity index (χ3n) is 2.99. The Morgan fingerprint density at radius 3 is 2.48 bits per heavy atom. The highest BCUT2D eigenvalue weighted by molar-refractivity contribution is 5.50. The Kier molecular flexibility index (Phi) is 5.29. The summed E-state index contributed by atoms with van der Waals surface area (Å²) in [6, 6.07) is 12.4. The molecule has 5 nitrogen and oxygen atoms in total. The van der Waals surface area contributed by atoms with Gasteiger partial charge in [-0.25, -0.2) is 0 Å². The SMILES string of the molecule is COCCOc1ccc(NCc2cccc(O)c2O)cc1. The highest BCUT2D eigenvalue weighted by Crippen LogP contribution is 2.28. The summed E-state index contributed by atoms with van der Waals surface area (Å²) in [4.78, 5) is 0. The topological polar surface area (TPSA) is 71.0 Å². The van der Waals surface area contributed by atoms with E-state index in [0.717, 1.165) is 11.4 Å². The lowest BCUT2D eigenvalue weighted by Crippen LogP contribution is -2.04. The molecule has 0 fully saturated rings. The maximum absolute atomic E-state index is 9.72. The van der Waals surface area contributed by atoms with Gasteiger partial charge in [0.05, 0.1) is 6.61 Å². The van der Waals surface area contributed by atoms with Crippen molar-refractivity contribution in [3.05, 3.63) is 48.0 Å². The van der Waals surface area contributed by atoms with Crippen molar-refractivity contribution in [1.29, 1.82) is 0 Å². The second-order valence-electron chi connectivity index (χ2n) is 4.50. The van der Waals surface area contributed by atoms with Gasteiger partial charge in [0.25, 0.3) is 0 Å². The van der Waals surface area contributed by atoms with Crippen LogP contribution in [-0.4, -0.2) is 30.5 Å². The lowest BCUT2D eigenvalue weighted by molar-refractivity contribution is 0.146. The van der Waals surface area contributed by atoms with Gasteiger partial charge in [-0.05, 0) is 30.3 Å². The number of hydrogen-bond donors (Lipinski definition) is 3. The second-order valence-corrected chi connectivity index (χ2v) is 4.50. The molecular formula is C16H19NO4. The molecule has 2 aromatic carbocycles. The summed E-state index contributed by atoms with van der Waals surface area (Å²) < 4.78 is 10.4. The first-order valence-corrected chi connectivity index (χ1v) is 6.66. The summed E-state index contributed by atoms with van der Waals surface area (Å²) in [5.41, 5.74) is 1.53. The largest absolute Gasteiger partial charge is 0.504 e. The van der Waals surface area contributed by atoms with Gasteiger partial charge in [0.2, 0.25) is 0 Å². The number of methoxy groups -OCH3 is 1. The Hall–Kier alpha value is -2.40. The smallest absolute Gasteiger partial charge is 0.162 e. The zero-order chi connectivity index (χ0) is 15.1. The molecule has 3 N–H and O–H groups in total. The van der Waals surface area contributed by atoms with E-state index in [4.69, 9.17) is 9.47 Å². The van der Waals surface area contributed by atoms with Crippen molar-refractivity contribution in [3.63, 3.8) is 0 Å². The van der Waals surface area contributed by atoms with Gasteiger partial charge in [0.15, 0.2) is 11.5 Å². The molecule has 21 heavy (non-hydrogen) atoms. The van der Waals surface area contributed by atoms with E-state index in [1.807, 2.05) is 24.3 Å². The maximum Gasteiger partial charge on any atom is 0.162 e. The standard InChI is InChI=1S/C16H19NO4/c1-20-9-10-21-14-7-5-13(6-8-14)17-11-12-3-2-4-15(18)16(12)19/h2-8,17-19H,9-11H2,1H3. The second kappa shape index (κ2) is 7.40. The van der Waals surface area contributed by atoms with Gasteiger partial charge in [-0.1, -0.05) is 12.1 Å². The number of rotatable bonds is 7. The van der Waals surface area contributed by atoms with E-state index >= 15 is 0 Å². The fourth-order valence-corrected chi connectivity index (χ4v) is 1.83. The monoisotopic (exact) mass is 289 g/mol. The van der Waals surface area contributed by atoms with Crippen LogP contribution in [-0.2, 0) is 11.3 Å². The summed E-state index contributed by atoms with van der Waals surface area (Å²) in [6.07, 6.45) is 0. The Balaban J connectivity index is 1.90. The normalized spacial score (nSPS) is 10.3. The fraction of sp³-hybridized carbons (Fsp3) is 0.250. The Morgan fingerprint density at radius 1 is 1.00 bits per heavy atom. The third kappa shape index (κ3) is 4.29. The maximum atomic E-state index is 9.72. The van der Waals surface area contributed by atoms with Gasteiger partial charge in [-0.2, -0.15) is 0 Å². The molecule has 2 rings (SSSR count). The predicted octanol–water partition coefficient (Wildman–Crippen LogP) is 2.74. The van der Waals surface area contributed by atoms with Crippen molar-refractivity contribution in [1.82, 2.24) is 0 Å². The molecule has 0 heterocycles. The number of phenols is 2. The molecule has 0 aliphatic heterocycles. The number of phenolic OH excluding ortho intramolecular Hbond substituents is 2. The first-order chi connectivity index (χ1) is 10.2. The first kappa shape index (κ1) is 15.0. The van der Waals surface area contributed by atoms with Crippen molar-refractivity contribution in [3.8, 4) is 17.2 Å². The number of para-hydroxylation sites is 1. The minimum atomic E-state index is -0.115. The molecule has 5 heteroatoms. The van der Waals surface area contributed by atoms with E-state index in [1.54, 1.807) is 19.2 Å². The van der Waals surface area contributed by atoms with Crippen LogP contribution in [0, 0.1) is 0 Å². The van der Waals surface area contributed by atoms with E-state index in [1.165, 1.54) is 6.07 Å². The highest BCUT2D eigenvalue weighted by atomic mass is 16.5. The number of anilines is 1. The number of ether oxygens (including phenoxy) is 2. The quantitative estimate of drug-likeness (QED) is 0.540. The van der Waals surface area contributed by atoms with Crippen molar-refractivity contribution >= 4 is 5.69 Å². The number of benzene rings is 2. The lowest BCUT2D eigenvalue weighted by atomic mass is 10.2. The van der Waals surface area contributed by atoms with Crippen molar-refractivity contribution in [2.75, 3.05) is 25.6 Å².